The molecule has 1 saturated heterocycles. The largest absolute Gasteiger partial charge is 0.481 e. The van der Waals surface area contributed by atoms with E-state index in [0.717, 1.165) is 6.08 Å². The lowest BCUT2D eigenvalue weighted by atomic mass is 9.92. The van der Waals surface area contributed by atoms with Crippen LogP contribution in [0.15, 0.2) is 24.0 Å². The third-order valence-corrected chi connectivity index (χ3v) is 6.50. The highest BCUT2D eigenvalue weighted by Gasteiger charge is 2.31. The quantitative estimate of drug-likeness (QED) is 0.468. The molecule has 10 nitrogen and oxygen atoms in total. The van der Waals surface area contributed by atoms with Gasteiger partial charge in [0.25, 0.3) is 0 Å². The van der Waals surface area contributed by atoms with Crippen LogP contribution in [-0.4, -0.2) is 81.6 Å². The Morgan fingerprint density at radius 2 is 1.90 bits per heavy atom. The fourth-order valence-electron chi connectivity index (χ4n) is 4.41. The van der Waals surface area contributed by atoms with Gasteiger partial charge in [-0.05, 0) is 39.3 Å². The van der Waals surface area contributed by atoms with E-state index in [9.17, 15) is 19.1 Å². The second-order valence-corrected chi connectivity index (χ2v) is 10.7. The van der Waals surface area contributed by atoms with Gasteiger partial charge >= 0.3 is 12.1 Å². The van der Waals surface area contributed by atoms with E-state index in [1.165, 1.54) is 12.1 Å². The first-order valence-electron chi connectivity index (χ1n) is 12.5. The number of aliphatic carboxylic acids is 1. The fourth-order valence-corrected chi connectivity index (χ4v) is 4.70. The Hall–Kier alpha value is -3.51. The van der Waals surface area contributed by atoms with Crippen molar-refractivity contribution in [1.29, 1.82) is 0 Å². The first-order valence-corrected chi connectivity index (χ1v) is 12.9. The van der Waals surface area contributed by atoms with Crippen molar-refractivity contribution in [2.45, 2.75) is 45.3 Å². The van der Waals surface area contributed by atoms with Crippen LogP contribution in [0.2, 0.25) is 5.02 Å². The zero-order valence-electron chi connectivity index (χ0n) is 21.8. The standard InChI is InChI=1S/C26H30ClF2N5O5/c1-26(2,3)39-25(38)34-11-9-33(10-12-34)23-14-13-15(27)19(20-16(28)5-4-6-17(20)35)21(29)22(14)31-24(32-23)30-8-7-18(36)37/h4-5,13,17,35H,6-12H2,1-3H3,(H,36,37)(H,30,31,32). The molecule has 1 unspecified atom stereocenters. The fraction of sp³-hybridized carbons (Fsp3) is 0.462. The molecule has 1 aliphatic carbocycles. The van der Waals surface area contributed by atoms with Gasteiger partial charge in [0.05, 0.1) is 17.5 Å². The van der Waals surface area contributed by atoms with Crippen LogP contribution in [0.1, 0.15) is 39.2 Å². The summed E-state index contributed by atoms with van der Waals surface area (Å²) in [6.07, 6.45) is 0.718. The highest BCUT2D eigenvalue weighted by atomic mass is 35.5. The number of hydrogen-bond acceptors (Lipinski definition) is 8. The SMILES string of the molecule is CC(C)(C)OC(=O)N1CCN(c2nc(NCCC(=O)O)nc3c(F)c(C4=C(F)C=CCC4O)c(Cl)cc23)CC1. The van der Waals surface area contributed by atoms with E-state index in [-0.39, 0.29) is 52.4 Å². The van der Waals surface area contributed by atoms with E-state index < -0.39 is 35.4 Å². The average Bonchev–Trinajstić information content (AvgIpc) is 2.84. The molecule has 39 heavy (non-hydrogen) atoms. The number of aliphatic hydroxyl groups is 1. The molecule has 1 aromatic carbocycles. The number of piperazine rings is 1. The number of ether oxygens (including phenoxy) is 1. The first-order chi connectivity index (χ1) is 18.4. The number of carbonyl (C=O) groups excluding carboxylic acids is 1. The molecule has 1 atom stereocenters. The Balaban J connectivity index is 1.75. The van der Waals surface area contributed by atoms with Crippen LogP contribution in [0.5, 0.6) is 0 Å². The first kappa shape index (κ1) is 28.5. The molecule has 2 aliphatic rings. The number of nitrogens with one attached hydrogen (secondary N) is 1. The van der Waals surface area contributed by atoms with E-state index >= 15 is 4.39 Å². The number of halogens is 3. The molecule has 1 aromatic heterocycles. The number of allylic oxidation sites excluding steroid dienone is 2. The number of anilines is 2. The molecule has 0 saturated carbocycles. The zero-order chi connectivity index (χ0) is 28.5. The normalized spacial score (nSPS) is 18.1. The van der Waals surface area contributed by atoms with Gasteiger partial charge in [-0.15, -0.1) is 0 Å². The number of aromatic nitrogens is 2. The smallest absolute Gasteiger partial charge is 0.410 e. The molecule has 1 fully saturated rings. The highest BCUT2D eigenvalue weighted by Crippen LogP contribution is 2.40. The minimum absolute atomic E-state index is 0.0158. The molecule has 0 radical (unpaired) electrons. The number of rotatable bonds is 6. The van der Waals surface area contributed by atoms with E-state index in [1.54, 1.807) is 25.7 Å². The number of carbonyl (C=O) groups is 2. The Morgan fingerprint density at radius 1 is 1.21 bits per heavy atom. The molecule has 2 heterocycles. The number of nitrogens with zero attached hydrogens (tertiary/aromatic N) is 4. The summed E-state index contributed by atoms with van der Waals surface area (Å²) in [5.41, 5.74) is -1.38. The topological polar surface area (TPSA) is 128 Å². The van der Waals surface area contributed by atoms with Gasteiger partial charge in [0, 0.05) is 49.2 Å². The van der Waals surface area contributed by atoms with Gasteiger partial charge in [-0.3, -0.25) is 4.79 Å². The van der Waals surface area contributed by atoms with Crippen molar-refractivity contribution in [3.05, 3.63) is 40.4 Å². The molecule has 210 valence electrons. The second-order valence-electron chi connectivity index (χ2n) is 10.3. The number of carboxylic acids is 1. The van der Waals surface area contributed by atoms with Gasteiger partial charge in [-0.25, -0.2) is 18.6 Å². The number of carboxylic acid groups (broad SMARTS) is 1. The Kier molecular flexibility index (Phi) is 8.26. The van der Waals surface area contributed by atoms with Gasteiger partial charge in [-0.2, -0.15) is 4.98 Å². The zero-order valence-corrected chi connectivity index (χ0v) is 22.6. The summed E-state index contributed by atoms with van der Waals surface area (Å²) >= 11 is 6.47. The summed E-state index contributed by atoms with van der Waals surface area (Å²) in [6, 6.07) is 1.43. The molecular weight excluding hydrogens is 536 g/mol. The number of benzene rings is 1. The van der Waals surface area contributed by atoms with Crippen molar-refractivity contribution < 1.29 is 33.3 Å². The number of hydrogen-bond donors (Lipinski definition) is 3. The molecule has 0 spiro atoms. The number of aliphatic hydroxyl groups excluding tert-OH is 1. The van der Waals surface area contributed by atoms with Gasteiger partial charge < -0.3 is 30.1 Å². The third kappa shape index (κ3) is 6.39. The second kappa shape index (κ2) is 11.3. The molecule has 0 bridgehead atoms. The van der Waals surface area contributed by atoms with Crippen molar-refractivity contribution in [3.8, 4) is 0 Å². The molecular formula is C26H30ClF2N5O5. The van der Waals surface area contributed by atoms with Gasteiger partial charge in [-0.1, -0.05) is 17.7 Å². The summed E-state index contributed by atoms with van der Waals surface area (Å²) < 4.78 is 36.2. The monoisotopic (exact) mass is 565 g/mol. The van der Waals surface area contributed by atoms with Crippen molar-refractivity contribution in [2.24, 2.45) is 0 Å². The summed E-state index contributed by atoms with van der Waals surface area (Å²) in [5, 5.41) is 22.3. The van der Waals surface area contributed by atoms with E-state index in [1.807, 2.05) is 4.90 Å². The highest BCUT2D eigenvalue weighted by molar-refractivity contribution is 6.33. The maximum Gasteiger partial charge on any atom is 0.410 e. The molecule has 3 N–H and O–H groups in total. The summed E-state index contributed by atoms with van der Waals surface area (Å²) in [4.78, 5) is 35.6. The lowest BCUT2D eigenvalue weighted by molar-refractivity contribution is -0.136. The molecule has 1 amide bonds. The van der Waals surface area contributed by atoms with E-state index in [2.05, 4.69) is 15.3 Å². The maximum atomic E-state index is 16.0. The van der Waals surface area contributed by atoms with Gasteiger partial charge in [0.1, 0.15) is 22.8 Å². The predicted octanol–water partition coefficient (Wildman–Crippen LogP) is 4.37. The summed E-state index contributed by atoms with van der Waals surface area (Å²) in [5.74, 6) is -2.49. The van der Waals surface area contributed by atoms with Crippen LogP contribution >= 0.6 is 11.6 Å². The van der Waals surface area contributed by atoms with Crippen LogP contribution in [0.4, 0.5) is 25.3 Å². The molecule has 4 rings (SSSR count). The van der Waals surface area contributed by atoms with E-state index in [0.29, 0.717) is 32.0 Å². The lowest BCUT2D eigenvalue weighted by Crippen LogP contribution is -2.50. The van der Waals surface area contributed by atoms with Gasteiger partial charge in [0.2, 0.25) is 5.95 Å². The minimum atomic E-state index is -1.30. The van der Waals surface area contributed by atoms with Crippen LogP contribution in [-0.2, 0) is 9.53 Å². The predicted molar refractivity (Wildman–Crippen MR) is 143 cm³/mol. The Labute approximate surface area is 228 Å². The van der Waals surface area contributed by atoms with Crippen LogP contribution in [0, 0.1) is 5.82 Å². The molecule has 2 aromatic rings. The van der Waals surface area contributed by atoms with Crippen molar-refractivity contribution >= 4 is 51.9 Å². The molecule has 13 heteroatoms. The Morgan fingerprint density at radius 3 is 2.51 bits per heavy atom. The molecule has 1 aliphatic heterocycles. The summed E-state index contributed by atoms with van der Waals surface area (Å²) in [7, 11) is 0. The van der Waals surface area contributed by atoms with Crippen molar-refractivity contribution in [3.63, 3.8) is 0 Å². The van der Waals surface area contributed by atoms with Crippen molar-refractivity contribution in [2.75, 3.05) is 42.9 Å². The van der Waals surface area contributed by atoms with Crippen LogP contribution in [0.25, 0.3) is 16.5 Å². The average molecular weight is 566 g/mol. The van der Waals surface area contributed by atoms with Gasteiger partial charge in [0.15, 0.2) is 5.82 Å². The summed E-state index contributed by atoms with van der Waals surface area (Å²) in [6.45, 7) is 6.63. The number of amides is 1. The van der Waals surface area contributed by atoms with Crippen LogP contribution in [0.3, 0.4) is 0 Å². The maximum absolute atomic E-state index is 16.0. The lowest BCUT2D eigenvalue weighted by Gasteiger charge is -2.36. The Bertz CT molecular complexity index is 1350. The number of fused-ring (bicyclic) bond motifs is 1. The van der Waals surface area contributed by atoms with Crippen LogP contribution < -0.4 is 10.2 Å². The third-order valence-electron chi connectivity index (χ3n) is 6.20. The van der Waals surface area contributed by atoms with E-state index in [4.69, 9.17) is 21.4 Å². The van der Waals surface area contributed by atoms with Crippen molar-refractivity contribution in [1.82, 2.24) is 14.9 Å². The minimum Gasteiger partial charge on any atom is -0.481 e.